The normalized spacial score (nSPS) is 21.5. The molecule has 0 bridgehead atoms. The molecule has 1 aromatic rings. The van der Waals surface area contributed by atoms with Crippen molar-refractivity contribution < 1.29 is 9.84 Å². The molecule has 0 aromatic heterocycles. The zero-order valence-electron chi connectivity index (χ0n) is 12.3. The van der Waals surface area contributed by atoms with Crippen LogP contribution < -0.4 is 10.1 Å². The van der Waals surface area contributed by atoms with Gasteiger partial charge in [-0.15, -0.1) is 0 Å². The topological polar surface area (TPSA) is 41.5 Å². The van der Waals surface area contributed by atoms with E-state index in [1.165, 1.54) is 31.2 Å². The molecule has 0 aliphatic heterocycles. The van der Waals surface area contributed by atoms with Gasteiger partial charge in [0.05, 0.1) is 0 Å². The van der Waals surface area contributed by atoms with Crippen LogP contribution in [0.5, 0.6) is 5.75 Å². The summed E-state index contributed by atoms with van der Waals surface area (Å²) >= 11 is 0. The molecule has 1 aromatic carbocycles. The summed E-state index contributed by atoms with van der Waals surface area (Å²) < 4.78 is 5.59. The molecule has 1 atom stereocenters. The number of hydrogen-bond donors (Lipinski definition) is 2. The lowest BCUT2D eigenvalue weighted by atomic mass is 10.0. The number of rotatable bonds is 8. The minimum Gasteiger partial charge on any atom is -0.491 e. The van der Waals surface area contributed by atoms with Crippen LogP contribution in [0.3, 0.4) is 0 Å². The second-order valence-electron chi connectivity index (χ2n) is 6.55. The molecule has 0 radical (unpaired) electrons. The number of benzene rings is 1. The first kappa shape index (κ1) is 13.9. The van der Waals surface area contributed by atoms with Crippen molar-refractivity contribution in [3.63, 3.8) is 0 Å². The number of ether oxygens (including phenoxy) is 1. The Bertz CT molecular complexity index is 435. The van der Waals surface area contributed by atoms with E-state index in [1.54, 1.807) is 0 Å². The third-order valence-corrected chi connectivity index (χ3v) is 4.66. The average Bonchev–Trinajstić information content (AvgIpc) is 3.30. The van der Waals surface area contributed by atoms with Gasteiger partial charge in [-0.2, -0.15) is 0 Å². The highest BCUT2D eigenvalue weighted by Crippen LogP contribution is 2.60. The summed E-state index contributed by atoms with van der Waals surface area (Å²) in [6.07, 6.45) is 5.15. The van der Waals surface area contributed by atoms with Crippen LogP contribution in [0.2, 0.25) is 0 Å². The first-order valence-corrected chi connectivity index (χ1v) is 7.76. The molecular weight excluding hydrogens is 250 g/mol. The maximum Gasteiger partial charge on any atom is 0.119 e. The van der Waals surface area contributed by atoms with Gasteiger partial charge in [0, 0.05) is 13.1 Å². The fraction of sp³-hybridized carbons (Fsp3) is 0.647. The first-order valence-electron chi connectivity index (χ1n) is 7.76. The predicted octanol–water partition coefficient (Wildman–Crippen LogP) is 2.51. The van der Waals surface area contributed by atoms with Gasteiger partial charge in [0.2, 0.25) is 0 Å². The number of aryl methyl sites for hydroxylation is 1. The van der Waals surface area contributed by atoms with Crippen molar-refractivity contribution in [1.82, 2.24) is 5.32 Å². The fourth-order valence-corrected chi connectivity index (χ4v) is 2.96. The maximum absolute atomic E-state index is 9.95. The van der Waals surface area contributed by atoms with E-state index in [4.69, 9.17) is 4.74 Å². The largest absolute Gasteiger partial charge is 0.491 e. The Hall–Kier alpha value is -1.06. The highest BCUT2D eigenvalue weighted by atomic mass is 16.5. The molecule has 1 unspecified atom stereocenters. The van der Waals surface area contributed by atoms with E-state index in [0.29, 0.717) is 18.6 Å². The molecule has 3 nitrogen and oxygen atoms in total. The Morgan fingerprint density at radius 2 is 2.00 bits per heavy atom. The molecule has 3 heteroatoms. The highest BCUT2D eigenvalue weighted by Gasteiger charge is 2.53. The Balaban J connectivity index is 1.33. The molecule has 110 valence electrons. The van der Waals surface area contributed by atoms with Crippen molar-refractivity contribution in [1.29, 1.82) is 0 Å². The second-order valence-corrected chi connectivity index (χ2v) is 6.55. The van der Waals surface area contributed by atoms with Gasteiger partial charge >= 0.3 is 0 Å². The van der Waals surface area contributed by atoms with Crippen LogP contribution >= 0.6 is 0 Å². The van der Waals surface area contributed by atoms with Crippen LogP contribution in [0.4, 0.5) is 0 Å². The molecule has 0 heterocycles. The van der Waals surface area contributed by atoms with E-state index in [1.807, 2.05) is 24.3 Å². The predicted molar refractivity (Wildman–Crippen MR) is 79.9 cm³/mol. The molecule has 2 aliphatic carbocycles. The lowest BCUT2D eigenvalue weighted by molar-refractivity contribution is 0.104. The van der Waals surface area contributed by atoms with Crippen LogP contribution in [-0.2, 0) is 0 Å². The van der Waals surface area contributed by atoms with Crippen LogP contribution in [0.25, 0.3) is 0 Å². The van der Waals surface area contributed by atoms with Crippen molar-refractivity contribution in [3.8, 4) is 5.75 Å². The number of hydrogen-bond acceptors (Lipinski definition) is 3. The first-order chi connectivity index (χ1) is 9.68. The summed E-state index contributed by atoms with van der Waals surface area (Å²) in [5.74, 6) is 1.79. The van der Waals surface area contributed by atoms with Crippen LogP contribution in [0, 0.1) is 18.3 Å². The second kappa shape index (κ2) is 5.74. The summed E-state index contributed by atoms with van der Waals surface area (Å²) in [4.78, 5) is 0. The van der Waals surface area contributed by atoms with Crippen molar-refractivity contribution >= 4 is 0 Å². The van der Waals surface area contributed by atoms with E-state index in [0.717, 1.165) is 18.2 Å². The molecule has 2 saturated carbocycles. The van der Waals surface area contributed by atoms with Gasteiger partial charge in [-0.05, 0) is 56.1 Å². The fourth-order valence-electron chi connectivity index (χ4n) is 2.96. The van der Waals surface area contributed by atoms with E-state index in [-0.39, 0.29) is 0 Å². The Kier molecular flexibility index (Phi) is 3.99. The molecule has 20 heavy (non-hydrogen) atoms. The highest BCUT2D eigenvalue weighted by molar-refractivity contribution is 5.26. The van der Waals surface area contributed by atoms with Crippen molar-refractivity contribution in [2.75, 3.05) is 19.7 Å². The minimum absolute atomic E-state index is 0.354. The van der Waals surface area contributed by atoms with E-state index < -0.39 is 6.10 Å². The van der Waals surface area contributed by atoms with Crippen molar-refractivity contribution in [2.24, 2.45) is 11.3 Å². The molecule has 0 spiro atoms. The standard InChI is InChI=1S/C17H25NO2/c1-13-2-6-16(7-3-13)20-11-15(19)10-18-12-17(8-9-17)14-4-5-14/h2-3,6-7,14-15,18-19H,4-5,8-12H2,1H3. The summed E-state index contributed by atoms with van der Waals surface area (Å²) in [6.45, 7) is 4.10. The molecule has 2 aliphatic rings. The molecule has 2 N–H and O–H groups in total. The minimum atomic E-state index is -0.439. The van der Waals surface area contributed by atoms with Crippen molar-refractivity contribution in [2.45, 2.75) is 38.7 Å². The molecule has 3 rings (SSSR count). The number of nitrogens with one attached hydrogen (secondary N) is 1. The monoisotopic (exact) mass is 275 g/mol. The maximum atomic E-state index is 9.95. The lowest BCUT2D eigenvalue weighted by Gasteiger charge is -2.17. The molecule has 0 saturated heterocycles. The summed E-state index contributed by atoms with van der Waals surface area (Å²) in [7, 11) is 0. The summed E-state index contributed by atoms with van der Waals surface area (Å²) in [5.41, 5.74) is 1.81. The zero-order chi connectivity index (χ0) is 14.0. The van der Waals surface area contributed by atoms with Crippen molar-refractivity contribution in [3.05, 3.63) is 29.8 Å². The lowest BCUT2D eigenvalue weighted by Crippen LogP contribution is -2.35. The molecule has 0 amide bonds. The van der Waals surface area contributed by atoms with Gasteiger partial charge in [-0.1, -0.05) is 17.7 Å². The Labute approximate surface area is 121 Å². The van der Waals surface area contributed by atoms with Crippen LogP contribution in [0.15, 0.2) is 24.3 Å². The van der Waals surface area contributed by atoms with Gasteiger partial charge in [-0.3, -0.25) is 0 Å². The third kappa shape index (κ3) is 3.53. The summed E-state index contributed by atoms with van der Waals surface area (Å²) in [6, 6.07) is 7.93. The number of aliphatic hydroxyl groups excluding tert-OH is 1. The van der Waals surface area contributed by atoms with Crippen LogP contribution in [0.1, 0.15) is 31.2 Å². The van der Waals surface area contributed by atoms with E-state index >= 15 is 0 Å². The van der Waals surface area contributed by atoms with Gasteiger partial charge < -0.3 is 15.2 Å². The summed E-state index contributed by atoms with van der Waals surface area (Å²) in [5, 5.41) is 13.4. The number of aliphatic hydroxyl groups is 1. The third-order valence-electron chi connectivity index (χ3n) is 4.66. The zero-order valence-corrected chi connectivity index (χ0v) is 12.3. The SMILES string of the molecule is Cc1ccc(OCC(O)CNCC2(C3CC3)CC2)cc1. The average molecular weight is 275 g/mol. The van der Waals surface area contributed by atoms with Gasteiger partial charge in [0.1, 0.15) is 18.5 Å². The van der Waals surface area contributed by atoms with E-state index in [9.17, 15) is 5.11 Å². The van der Waals surface area contributed by atoms with E-state index in [2.05, 4.69) is 12.2 Å². The molecular formula is C17H25NO2. The van der Waals surface area contributed by atoms with Gasteiger partial charge in [0.25, 0.3) is 0 Å². The quantitative estimate of drug-likeness (QED) is 0.766. The van der Waals surface area contributed by atoms with Gasteiger partial charge in [0.15, 0.2) is 0 Å². The van der Waals surface area contributed by atoms with Crippen LogP contribution in [-0.4, -0.2) is 30.9 Å². The van der Waals surface area contributed by atoms with Gasteiger partial charge in [-0.25, -0.2) is 0 Å². The Morgan fingerprint density at radius 1 is 1.30 bits per heavy atom. The molecule has 2 fully saturated rings. The smallest absolute Gasteiger partial charge is 0.119 e. The Morgan fingerprint density at radius 3 is 2.60 bits per heavy atom.